The van der Waals surface area contributed by atoms with Crippen LogP contribution in [0.3, 0.4) is 0 Å². The maximum absolute atomic E-state index is 11.1. The summed E-state index contributed by atoms with van der Waals surface area (Å²) < 4.78 is 65.9. The van der Waals surface area contributed by atoms with E-state index >= 15 is 0 Å². The molecule has 0 amide bonds. The van der Waals surface area contributed by atoms with Gasteiger partial charge in [0.1, 0.15) is 15.4 Å². The second kappa shape index (κ2) is 3.86. The summed E-state index contributed by atoms with van der Waals surface area (Å²) in [5.41, 5.74) is 5.36. The largest absolute Gasteiger partial charge is 0.389 e. The molecule has 98 valence electrons. The maximum atomic E-state index is 11.1. The van der Waals surface area contributed by atoms with Crippen molar-refractivity contribution in [3.8, 4) is 0 Å². The second-order valence-corrected chi connectivity index (χ2v) is 6.93. The van der Waals surface area contributed by atoms with Crippen LogP contribution in [-0.2, 0) is 20.2 Å². The zero-order chi connectivity index (χ0) is 13.7. The van der Waals surface area contributed by atoms with E-state index in [0.717, 1.165) is 17.6 Å². The SMILES string of the molecule is Nc1snc2c(S(=O)(=O)O)cc(S(=O)(=O)O)cc12. The molecule has 4 N–H and O–H groups in total. The molecule has 0 aliphatic carbocycles. The second-order valence-electron chi connectivity index (χ2n) is 3.31. The van der Waals surface area contributed by atoms with Gasteiger partial charge < -0.3 is 5.73 Å². The van der Waals surface area contributed by atoms with Crippen LogP contribution in [0, 0.1) is 0 Å². The van der Waals surface area contributed by atoms with Gasteiger partial charge in [0.15, 0.2) is 0 Å². The van der Waals surface area contributed by atoms with E-state index in [4.69, 9.17) is 14.8 Å². The fourth-order valence-corrected chi connectivity index (χ4v) is 3.34. The minimum atomic E-state index is -4.69. The highest BCUT2D eigenvalue weighted by Crippen LogP contribution is 2.32. The van der Waals surface area contributed by atoms with E-state index in [0.29, 0.717) is 6.07 Å². The third-order valence-electron chi connectivity index (χ3n) is 2.12. The molecule has 1 aromatic heterocycles. The lowest BCUT2D eigenvalue weighted by atomic mass is 10.2. The molecule has 0 aliphatic heterocycles. The molecule has 0 saturated carbocycles. The minimum Gasteiger partial charge on any atom is -0.389 e. The van der Waals surface area contributed by atoms with Crippen LogP contribution in [0.4, 0.5) is 5.00 Å². The maximum Gasteiger partial charge on any atom is 0.296 e. The highest BCUT2D eigenvalue weighted by Gasteiger charge is 2.23. The smallest absolute Gasteiger partial charge is 0.296 e. The van der Waals surface area contributed by atoms with Crippen molar-refractivity contribution < 1.29 is 25.9 Å². The standard InChI is InChI=1S/C7H6N2O6S3/c8-7-4-1-3(17(10,11)12)2-5(18(13,14)15)6(4)9-16-7/h1-2H,8H2,(H,10,11,12)(H,13,14,15). The normalized spacial score (nSPS) is 13.0. The Morgan fingerprint density at radius 3 is 2.22 bits per heavy atom. The van der Waals surface area contributed by atoms with Gasteiger partial charge in [0.25, 0.3) is 20.2 Å². The van der Waals surface area contributed by atoms with Crippen molar-refractivity contribution in [3.63, 3.8) is 0 Å². The van der Waals surface area contributed by atoms with Gasteiger partial charge in [-0.15, -0.1) is 0 Å². The van der Waals surface area contributed by atoms with E-state index in [1.54, 1.807) is 0 Å². The van der Waals surface area contributed by atoms with Crippen LogP contribution in [-0.4, -0.2) is 30.3 Å². The molecule has 0 aliphatic rings. The lowest BCUT2D eigenvalue weighted by Gasteiger charge is -2.02. The number of hydrogen-bond acceptors (Lipinski definition) is 7. The fraction of sp³-hybridized carbons (Fsp3) is 0. The average molecular weight is 310 g/mol. The molecule has 11 heteroatoms. The van der Waals surface area contributed by atoms with Gasteiger partial charge in [-0.05, 0) is 23.7 Å². The highest BCUT2D eigenvalue weighted by molar-refractivity contribution is 7.86. The summed E-state index contributed by atoms with van der Waals surface area (Å²) in [5, 5.41) is 0.100. The van der Waals surface area contributed by atoms with E-state index < -0.39 is 30.0 Å². The highest BCUT2D eigenvalue weighted by atomic mass is 32.2. The van der Waals surface area contributed by atoms with E-state index in [2.05, 4.69) is 4.37 Å². The van der Waals surface area contributed by atoms with Crippen molar-refractivity contribution in [3.05, 3.63) is 12.1 Å². The first-order valence-electron chi connectivity index (χ1n) is 4.24. The summed E-state index contributed by atoms with van der Waals surface area (Å²) in [6, 6.07) is 1.60. The fourth-order valence-electron chi connectivity index (χ4n) is 1.35. The molecule has 2 aromatic rings. The molecule has 1 aromatic carbocycles. The molecule has 1 heterocycles. The summed E-state index contributed by atoms with van der Waals surface area (Å²) in [6.45, 7) is 0. The number of nitrogens with zero attached hydrogens (tertiary/aromatic N) is 1. The molecule has 0 atom stereocenters. The zero-order valence-electron chi connectivity index (χ0n) is 8.43. The first kappa shape index (κ1) is 13.2. The topological polar surface area (TPSA) is 148 Å². The minimum absolute atomic E-state index is 0.0303. The molecule has 0 fully saturated rings. The van der Waals surface area contributed by atoms with Crippen molar-refractivity contribution in [2.75, 3.05) is 5.73 Å². The van der Waals surface area contributed by atoms with Gasteiger partial charge in [0, 0.05) is 5.39 Å². The Hall–Kier alpha value is -1.27. The molecular formula is C7H6N2O6S3. The predicted octanol–water partition coefficient (Wildman–Crippen LogP) is 0.372. The van der Waals surface area contributed by atoms with Crippen LogP contribution in [0.15, 0.2) is 21.9 Å². The number of anilines is 1. The van der Waals surface area contributed by atoms with E-state index in [1.165, 1.54) is 0 Å². The molecule has 2 rings (SSSR count). The molecule has 0 bridgehead atoms. The van der Waals surface area contributed by atoms with Crippen LogP contribution in [0.1, 0.15) is 0 Å². The van der Waals surface area contributed by atoms with Crippen molar-refractivity contribution >= 4 is 47.7 Å². The predicted molar refractivity (Wildman–Crippen MR) is 63.7 cm³/mol. The van der Waals surface area contributed by atoms with E-state index in [1.807, 2.05) is 0 Å². The van der Waals surface area contributed by atoms with E-state index in [9.17, 15) is 16.8 Å². The quantitative estimate of drug-likeness (QED) is 0.674. The van der Waals surface area contributed by atoms with Crippen molar-refractivity contribution in [2.45, 2.75) is 9.79 Å². The molecule has 0 unspecified atom stereocenters. The van der Waals surface area contributed by atoms with Crippen LogP contribution >= 0.6 is 11.5 Å². The monoisotopic (exact) mass is 310 g/mol. The summed E-state index contributed by atoms with van der Waals surface area (Å²) in [6.07, 6.45) is 0. The molecule has 8 nitrogen and oxygen atoms in total. The summed E-state index contributed by atoms with van der Waals surface area (Å²) in [5.74, 6) is 0. The van der Waals surface area contributed by atoms with Gasteiger partial charge in [-0.1, -0.05) is 0 Å². The average Bonchev–Trinajstić information content (AvgIpc) is 2.56. The van der Waals surface area contributed by atoms with Gasteiger partial charge in [0.2, 0.25) is 0 Å². The van der Waals surface area contributed by atoms with Gasteiger partial charge in [-0.25, -0.2) is 0 Å². The number of benzene rings is 1. The number of nitrogens with two attached hydrogens (primary N) is 1. The number of rotatable bonds is 2. The number of hydrogen-bond donors (Lipinski definition) is 3. The Morgan fingerprint density at radius 1 is 1.11 bits per heavy atom. The Labute approximate surface area is 106 Å². The molecule has 0 saturated heterocycles. The van der Waals surface area contributed by atoms with E-state index in [-0.39, 0.29) is 15.9 Å². The number of fused-ring (bicyclic) bond motifs is 1. The van der Waals surface area contributed by atoms with Crippen molar-refractivity contribution in [1.29, 1.82) is 0 Å². The van der Waals surface area contributed by atoms with Crippen LogP contribution in [0.2, 0.25) is 0 Å². The third kappa shape index (κ3) is 2.18. The lowest BCUT2D eigenvalue weighted by molar-refractivity contribution is 0.482. The van der Waals surface area contributed by atoms with Gasteiger partial charge in [-0.3, -0.25) is 9.11 Å². The summed E-state index contributed by atoms with van der Waals surface area (Å²) in [4.78, 5) is -1.41. The summed E-state index contributed by atoms with van der Waals surface area (Å²) in [7, 11) is -9.31. The van der Waals surface area contributed by atoms with Crippen LogP contribution in [0.5, 0.6) is 0 Å². The molecule has 18 heavy (non-hydrogen) atoms. The first-order chi connectivity index (χ1) is 8.10. The third-order valence-corrected chi connectivity index (χ3v) is 4.51. The van der Waals surface area contributed by atoms with Gasteiger partial charge in [0.05, 0.1) is 4.90 Å². The van der Waals surface area contributed by atoms with Crippen molar-refractivity contribution in [2.24, 2.45) is 0 Å². The van der Waals surface area contributed by atoms with Gasteiger partial charge in [-0.2, -0.15) is 21.2 Å². The first-order valence-corrected chi connectivity index (χ1v) is 7.90. The van der Waals surface area contributed by atoms with Crippen LogP contribution in [0.25, 0.3) is 10.9 Å². The molecular weight excluding hydrogens is 304 g/mol. The number of aromatic nitrogens is 1. The van der Waals surface area contributed by atoms with Gasteiger partial charge >= 0.3 is 0 Å². The van der Waals surface area contributed by atoms with Crippen LogP contribution < -0.4 is 5.73 Å². The Balaban J connectivity index is 3.01. The Bertz CT molecular complexity index is 835. The molecule has 0 radical (unpaired) electrons. The number of nitrogen functional groups attached to an aromatic ring is 1. The zero-order valence-corrected chi connectivity index (χ0v) is 10.9. The van der Waals surface area contributed by atoms with Crippen molar-refractivity contribution in [1.82, 2.24) is 4.37 Å². The summed E-state index contributed by atoms with van der Waals surface area (Å²) >= 11 is 0.743. The molecule has 0 spiro atoms. The Kier molecular flexibility index (Phi) is 2.82. The Morgan fingerprint density at radius 2 is 1.72 bits per heavy atom. The lowest BCUT2D eigenvalue weighted by Crippen LogP contribution is -2.04.